The molecule has 3 unspecified atom stereocenters. The first-order chi connectivity index (χ1) is 38.5. The SMILES string of the molecule is CCCCCCCCCC/C=C\CCCCCCCCCCCCCCCCCCCCCCCCCCCCCC(=O)NC(COP(=O)([O-])OCC[N+](C)(C)C)C(O)CCCCCCCCCCCCCCCCCCCC. The van der Waals surface area contributed by atoms with Gasteiger partial charge in [0.2, 0.25) is 5.91 Å². The second kappa shape index (κ2) is 61.8. The van der Waals surface area contributed by atoms with Crippen molar-refractivity contribution in [2.75, 3.05) is 40.9 Å². The molecule has 9 heteroatoms. The average molecular weight is 1140 g/mol. The number of hydrogen-bond donors (Lipinski definition) is 2. The maximum Gasteiger partial charge on any atom is 0.268 e. The van der Waals surface area contributed by atoms with Crippen LogP contribution in [0.5, 0.6) is 0 Å². The predicted octanol–water partition coefficient (Wildman–Crippen LogP) is 21.9. The summed E-state index contributed by atoms with van der Waals surface area (Å²) in [5, 5.41) is 14.1. The molecule has 0 fully saturated rings. The Labute approximate surface area is 494 Å². The minimum atomic E-state index is -4.57. The molecule has 0 spiro atoms. The van der Waals surface area contributed by atoms with Crippen LogP contribution in [0.2, 0.25) is 0 Å². The maximum absolute atomic E-state index is 13.0. The van der Waals surface area contributed by atoms with E-state index in [1.807, 2.05) is 21.1 Å². The summed E-state index contributed by atoms with van der Waals surface area (Å²) in [6.45, 7) is 4.78. The van der Waals surface area contributed by atoms with Gasteiger partial charge in [0, 0.05) is 6.42 Å². The lowest BCUT2D eigenvalue weighted by Gasteiger charge is -2.30. The molecule has 0 saturated heterocycles. The van der Waals surface area contributed by atoms with Crippen molar-refractivity contribution in [2.24, 2.45) is 0 Å². The van der Waals surface area contributed by atoms with E-state index in [4.69, 9.17) is 9.05 Å². The van der Waals surface area contributed by atoms with Gasteiger partial charge >= 0.3 is 0 Å². The summed E-state index contributed by atoms with van der Waals surface area (Å²) in [6.07, 6.45) is 78.8. The Morgan fingerprint density at radius 3 is 0.987 bits per heavy atom. The van der Waals surface area contributed by atoms with E-state index in [2.05, 4.69) is 31.3 Å². The maximum atomic E-state index is 13.0. The molecule has 0 rings (SSSR count). The number of aliphatic hydroxyl groups excluding tert-OH is 1. The molecule has 79 heavy (non-hydrogen) atoms. The largest absolute Gasteiger partial charge is 0.756 e. The van der Waals surface area contributed by atoms with Gasteiger partial charge in [-0.3, -0.25) is 9.36 Å². The number of aliphatic hydroxyl groups is 1. The number of carbonyl (C=O) groups excluding carboxylic acids is 1. The lowest BCUT2D eigenvalue weighted by atomic mass is 10.0. The van der Waals surface area contributed by atoms with Crippen molar-refractivity contribution in [3.05, 3.63) is 12.2 Å². The monoisotopic (exact) mass is 1140 g/mol. The highest BCUT2D eigenvalue weighted by molar-refractivity contribution is 7.45. The summed E-state index contributed by atoms with van der Waals surface area (Å²) in [5.74, 6) is -0.155. The van der Waals surface area contributed by atoms with Gasteiger partial charge in [-0.15, -0.1) is 0 Å². The molecule has 3 atom stereocenters. The van der Waals surface area contributed by atoms with Crippen LogP contribution in [0.25, 0.3) is 0 Å². The fourth-order valence-corrected chi connectivity index (χ4v) is 11.9. The number of phosphoric ester groups is 1. The molecule has 472 valence electrons. The minimum absolute atomic E-state index is 0.0161. The Morgan fingerprint density at radius 1 is 0.430 bits per heavy atom. The van der Waals surface area contributed by atoms with Gasteiger partial charge in [0.1, 0.15) is 13.2 Å². The summed E-state index contributed by atoms with van der Waals surface area (Å²) < 4.78 is 23.5. The molecule has 0 aliphatic rings. The van der Waals surface area contributed by atoms with Crippen LogP contribution in [-0.4, -0.2) is 68.5 Å². The van der Waals surface area contributed by atoms with Crippen molar-refractivity contribution in [3.63, 3.8) is 0 Å². The normalized spacial score (nSPS) is 13.7. The smallest absolute Gasteiger partial charge is 0.268 e. The molecule has 0 radical (unpaired) electrons. The van der Waals surface area contributed by atoms with Gasteiger partial charge in [0.15, 0.2) is 0 Å². The first kappa shape index (κ1) is 78.2. The number of rotatable bonds is 67. The van der Waals surface area contributed by atoms with Gasteiger partial charge in [-0.2, -0.15) is 0 Å². The van der Waals surface area contributed by atoms with Crippen LogP contribution >= 0.6 is 7.82 Å². The lowest BCUT2D eigenvalue weighted by molar-refractivity contribution is -0.870. The number of phosphoric acid groups is 1. The number of allylic oxidation sites excluding steroid dienone is 2. The van der Waals surface area contributed by atoms with E-state index in [0.717, 1.165) is 38.5 Å². The number of quaternary nitrogens is 1. The fourth-order valence-electron chi connectivity index (χ4n) is 11.2. The van der Waals surface area contributed by atoms with E-state index < -0.39 is 20.0 Å². The van der Waals surface area contributed by atoms with Crippen LogP contribution in [0.4, 0.5) is 0 Å². The highest BCUT2D eigenvalue weighted by Crippen LogP contribution is 2.38. The topological polar surface area (TPSA) is 108 Å². The highest BCUT2D eigenvalue weighted by atomic mass is 31.2. The van der Waals surface area contributed by atoms with Crippen molar-refractivity contribution >= 4 is 13.7 Å². The second-order valence-corrected chi connectivity index (χ2v) is 27.4. The summed E-state index contributed by atoms with van der Waals surface area (Å²) in [4.78, 5) is 25.6. The molecular weight excluding hydrogens is 996 g/mol. The van der Waals surface area contributed by atoms with E-state index in [9.17, 15) is 19.4 Å². The first-order valence-electron chi connectivity index (χ1n) is 35.5. The average Bonchev–Trinajstić information content (AvgIpc) is 3.42. The third-order valence-electron chi connectivity index (χ3n) is 16.8. The molecule has 2 N–H and O–H groups in total. The summed E-state index contributed by atoms with van der Waals surface area (Å²) in [6, 6.07) is -0.797. The Kier molecular flexibility index (Phi) is 61.2. The number of carbonyl (C=O) groups is 1. The van der Waals surface area contributed by atoms with Crippen LogP contribution in [0.15, 0.2) is 12.2 Å². The van der Waals surface area contributed by atoms with Crippen molar-refractivity contribution in [3.8, 4) is 0 Å². The van der Waals surface area contributed by atoms with Gasteiger partial charge in [0.25, 0.3) is 7.82 Å². The molecule has 0 aromatic carbocycles. The van der Waals surface area contributed by atoms with Crippen LogP contribution < -0.4 is 10.2 Å². The van der Waals surface area contributed by atoms with E-state index in [0.29, 0.717) is 23.9 Å². The summed E-state index contributed by atoms with van der Waals surface area (Å²) in [7, 11) is 1.33. The third kappa shape index (κ3) is 64.7. The first-order valence-corrected chi connectivity index (χ1v) is 37.0. The van der Waals surface area contributed by atoms with Crippen molar-refractivity contribution in [1.29, 1.82) is 0 Å². The van der Waals surface area contributed by atoms with E-state index in [-0.39, 0.29) is 19.1 Å². The Morgan fingerprint density at radius 2 is 0.696 bits per heavy atom. The zero-order valence-corrected chi connectivity index (χ0v) is 55.0. The van der Waals surface area contributed by atoms with Crippen LogP contribution in [0.3, 0.4) is 0 Å². The Bertz CT molecular complexity index is 1290. The van der Waals surface area contributed by atoms with Crippen LogP contribution in [-0.2, 0) is 18.4 Å². The van der Waals surface area contributed by atoms with Crippen molar-refractivity contribution < 1.29 is 32.9 Å². The second-order valence-electron chi connectivity index (χ2n) is 26.0. The fraction of sp³-hybridized carbons (Fsp3) is 0.957. The predicted molar refractivity (Wildman–Crippen MR) is 344 cm³/mol. The summed E-state index contributed by atoms with van der Waals surface area (Å²) in [5.41, 5.74) is 0. The zero-order valence-electron chi connectivity index (χ0n) is 54.1. The molecule has 0 saturated carbocycles. The number of unbranched alkanes of at least 4 members (excludes halogenated alkanes) is 52. The third-order valence-corrected chi connectivity index (χ3v) is 17.7. The van der Waals surface area contributed by atoms with Gasteiger partial charge in [-0.1, -0.05) is 347 Å². The Hall–Kier alpha value is -0.760. The molecule has 0 aromatic rings. The minimum Gasteiger partial charge on any atom is -0.756 e. The number of hydrogen-bond acceptors (Lipinski definition) is 6. The number of nitrogens with zero attached hydrogens (tertiary/aromatic N) is 1. The standard InChI is InChI=1S/C70H141N2O6P/c1-6-8-10-12-14-16-18-20-22-24-26-27-28-29-30-31-32-33-34-35-36-37-38-39-40-41-42-43-44-45-46-48-50-52-54-56-58-60-62-64-70(74)71-68(67-78-79(75,76)77-66-65-72(3,4)5)69(73)63-61-59-57-55-53-51-49-47-25-23-21-19-17-15-13-11-9-7-2/h24,26,68-69,73H,6-23,25,27-67H2,1-5H3,(H-,71,74,75,76)/b26-24-. The van der Waals surface area contributed by atoms with Crippen molar-refractivity contribution in [2.45, 2.75) is 392 Å². The summed E-state index contributed by atoms with van der Waals surface area (Å²) >= 11 is 0. The van der Waals surface area contributed by atoms with E-state index in [1.54, 1.807) is 0 Å². The van der Waals surface area contributed by atoms with E-state index >= 15 is 0 Å². The van der Waals surface area contributed by atoms with Gasteiger partial charge < -0.3 is 28.8 Å². The van der Waals surface area contributed by atoms with Crippen molar-refractivity contribution in [1.82, 2.24) is 5.32 Å². The number of nitrogens with one attached hydrogen (secondary N) is 1. The molecular formula is C70H141N2O6P. The van der Waals surface area contributed by atoms with Gasteiger partial charge in [-0.05, 0) is 38.5 Å². The molecule has 0 aliphatic heterocycles. The highest BCUT2D eigenvalue weighted by Gasteiger charge is 2.24. The zero-order chi connectivity index (χ0) is 57.7. The quantitative estimate of drug-likeness (QED) is 0.0272. The van der Waals surface area contributed by atoms with Crippen LogP contribution in [0, 0.1) is 0 Å². The molecule has 1 amide bonds. The molecule has 0 heterocycles. The Balaban J connectivity index is 3.86. The van der Waals surface area contributed by atoms with E-state index in [1.165, 1.54) is 315 Å². The lowest BCUT2D eigenvalue weighted by Crippen LogP contribution is -2.46. The van der Waals surface area contributed by atoms with Gasteiger partial charge in [-0.25, -0.2) is 0 Å². The van der Waals surface area contributed by atoms with Gasteiger partial charge in [0.05, 0.1) is 39.9 Å². The van der Waals surface area contributed by atoms with Crippen LogP contribution in [0.1, 0.15) is 380 Å². The molecule has 8 nitrogen and oxygen atoms in total. The molecule has 0 bridgehead atoms. The molecule has 0 aliphatic carbocycles. The number of amides is 1. The molecule has 0 aromatic heterocycles. The number of likely N-dealkylation sites (N-methyl/N-ethyl adjacent to an activating group) is 1.